The third-order valence-electron chi connectivity index (χ3n) is 4.88. The molecule has 6 nitrogen and oxygen atoms in total. The van der Waals surface area contributed by atoms with E-state index in [0.29, 0.717) is 11.5 Å². The van der Waals surface area contributed by atoms with Crippen molar-refractivity contribution in [1.29, 1.82) is 0 Å². The minimum absolute atomic E-state index is 0.0494. The van der Waals surface area contributed by atoms with Crippen LogP contribution in [0.5, 0.6) is 0 Å². The van der Waals surface area contributed by atoms with E-state index in [-0.39, 0.29) is 22.7 Å². The highest BCUT2D eigenvalue weighted by atomic mass is 32.2. The highest BCUT2D eigenvalue weighted by molar-refractivity contribution is 7.93. The van der Waals surface area contributed by atoms with E-state index in [1.54, 1.807) is 35.7 Å². The van der Waals surface area contributed by atoms with Gasteiger partial charge in [0, 0.05) is 12.3 Å². The molecule has 0 fully saturated rings. The first-order valence-corrected chi connectivity index (χ1v) is 11.0. The number of benzene rings is 2. The van der Waals surface area contributed by atoms with Crippen LogP contribution in [0.4, 0.5) is 14.5 Å². The highest BCUT2D eigenvalue weighted by Gasteiger charge is 2.29. The van der Waals surface area contributed by atoms with E-state index >= 15 is 0 Å². The summed E-state index contributed by atoms with van der Waals surface area (Å²) < 4.78 is 58.0. The predicted molar refractivity (Wildman–Crippen MR) is 113 cm³/mol. The van der Waals surface area contributed by atoms with Gasteiger partial charge in [0.05, 0.1) is 12.2 Å². The van der Waals surface area contributed by atoms with Crippen molar-refractivity contribution in [2.24, 2.45) is 0 Å². The summed E-state index contributed by atoms with van der Waals surface area (Å²) in [7, 11) is -4.16. The van der Waals surface area contributed by atoms with Gasteiger partial charge in [-0.3, -0.25) is 8.71 Å². The summed E-state index contributed by atoms with van der Waals surface area (Å²) in [4.78, 5) is -0.0494. The van der Waals surface area contributed by atoms with Crippen LogP contribution >= 0.6 is 0 Å². The second kappa shape index (κ2) is 7.73. The predicted octanol–water partition coefficient (Wildman–Crippen LogP) is 4.33. The monoisotopic (exact) mass is 442 g/mol. The van der Waals surface area contributed by atoms with Crippen molar-refractivity contribution in [2.45, 2.75) is 32.2 Å². The molecule has 0 aliphatic rings. The van der Waals surface area contributed by atoms with Crippen LogP contribution < -0.4 is 4.31 Å². The zero-order valence-corrected chi connectivity index (χ0v) is 18.0. The molecular weight excluding hydrogens is 422 g/mol. The molecule has 4 rings (SSSR count). The van der Waals surface area contributed by atoms with E-state index in [4.69, 9.17) is 0 Å². The molecule has 2 aromatic carbocycles. The second-order valence-corrected chi connectivity index (χ2v) is 9.28. The topological polar surface area (TPSA) is 67.6 Å². The summed E-state index contributed by atoms with van der Waals surface area (Å²) in [5, 5.41) is 7.99. The normalized spacial score (nSPS) is 11.8. The molecule has 0 atom stereocenters. The van der Waals surface area contributed by atoms with Crippen LogP contribution in [0.15, 0.2) is 59.6 Å². The molecule has 0 aliphatic heterocycles. The summed E-state index contributed by atoms with van der Waals surface area (Å²) in [6.07, 6.45) is 1.67. The van der Waals surface area contributed by atoms with Crippen molar-refractivity contribution < 1.29 is 17.2 Å². The fourth-order valence-corrected chi connectivity index (χ4v) is 5.16. The Morgan fingerprint density at radius 3 is 2.23 bits per heavy atom. The molecule has 31 heavy (non-hydrogen) atoms. The van der Waals surface area contributed by atoms with E-state index in [1.165, 1.54) is 6.07 Å². The Labute approximate surface area is 178 Å². The van der Waals surface area contributed by atoms with Gasteiger partial charge in [0.15, 0.2) is 5.65 Å². The summed E-state index contributed by atoms with van der Waals surface area (Å²) >= 11 is 0. The highest BCUT2D eigenvalue weighted by Crippen LogP contribution is 2.30. The molecule has 0 bridgehead atoms. The number of hydrogen-bond donors (Lipinski definition) is 0. The van der Waals surface area contributed by atoms with Gasteiger partial charge in [0.25, 0.3) is 10.0 Å². The van der Waals surface area contributed by atoms with E-state index in [0.717, 1.165) is 33.6 Å². The maximum Gasteiger partial charge on any atom is 0.268 e. The SMILES string of the molecule is Cc1cc(C)cc(N(Cc2cc(F)cc(F)c2)S(=O)(=O)c2cccn3c(C)nnc23)c1. The number of sulfonamides is 1. The molecular formula is C22H20F2N4O2S. The van der Waals surface area contributed by atoms with Crippen molar-refractivity contribution in [1.82, 2.24) is 14.6 Å². The van der Waals surface area contributed by atoms with Crippen molar-refractivity contribution in [3.05, 3.63) is 88.9 Å². The second-order valence-electron chi connectivity index (χ2n) is 7.45. The van der Waals surface area contributed by atoms with Gasteiger partial charge in [-0.2, -0.15) is 0 Å². The summed E-state index contributed by atoms with van der Waals surface area (Å²) in [5.41, 5.74) is 2.47. The Morgan fingerprint density at radius 2 is 1.58 bits per heavy atom. The largest absolute Gasteiger partial charge is 0.286 e. The first kappa shape index (κ1) is 20.9. The molecule has 0 N–H and O–H groups in total. The Morgan fingerprint density at radius 1 is 0.935 bits per heavy atom. The lowest BCUT2D eigenvalue weighted by Gasteiger charge is -2.25. The first-order chi connectivity index (χ1) is 14.6. The van der Waals surface area contributed by atoms with Gasteiger partial charge in [-0.25, -0.2) is 17.2 Å². The van der Waals surface area contributed by atoms with E-state index < -0.39 is 21.7 Å². The van der Waals surface area contributed by atoms with E-state index in [2.05, 4.69) is 10.2 Å². The van der Waals surface area contributed by atoms with E-state index in [1.807, 2.05) is 19.9 Å². The lowest BCUT2D eigenvalue weighted by atomic mass is 10.1. The van der Waals surface area contributed by atoms with Gasteiger partial charge in [-0.1, -0.05) is 6.07 Å². The molecule has 0 unspecified atom stereocenters. The molecule has 0 saturated carbocycles. The molecule has 2 heterocycles. The minimum Gasteiger partial charge on any atom is -0.286 e. The third kappa shape index (κ3) is 4.00. The van der Waals surface area contributed by atoms with Gasteiger partial charge in [0.1, 0.15) is 22.4 Å². The fraction of sp³-hybridized carbons (Fsp3) is 0.182. The molecule has 2 aromatic heterocycles. The van der Waals surface area contributed by atoms with Gasteiger partial charge in [-0.15, -0.1) is 10.2 Å². The standard InChI is InChI=1S/C22H20F2N4O2S/c1-14-7-15(2)9-20(8-14)28(13-17-10-18(23)12-19(24)11-17)31(29,30)21-5-4-6-27-16(3)25-26-22(21)27/h4-12H,13H2,1-3H3. The summed E-state index contributed by atoms with van der Waals surface area (Å²) in [6, 6.07) is 11.4. The molecule has 0 radical (unpaired) electrons. The number of nitrogens with zero attached hydrogens (tertiary/aromatic N) is 4. The van der Waals surface area contributed by atoms with Crippen LogP contribution in [0.3, 0.4) is 0 Å². The van der Waals surface area contributed by atoms with E-state index in [9.17, 15) is 17.2 Å². The Bertz CT molecular complexity index is 1360. The Balaban J connectivity index is 1.92. The lowest BCUT2D eigenvalue weighted by Crippen LogP contribution is -2.31. The average molecular weight is 442 g/mol. The van der Waals surface area contributed by atoms with Gasteiger partial charge in [0.2, 0.25) is 0 Å². The van der Waals surface area contributed by atoms with Gasteiger partial charge >= 0.3 is 0 Å². The Hall–Kier alpha value is -3.33. The van der Waals surface area contributed by atoms with Crippen LogP contribution in [-0.4, -0.2) is 23.0 Å². The number of fused-ring (bicyclic) bond motifs is 1. The van der Waals surface area contributed by atoms with Crippen LogP contribution in [0, 0.1) is 32.4 Å². The number of halogens is 2. The number of anilines is 1. The zero-order valence-electron chi connectivity index (χ0n) is 17.2. The van der Waals surface area contributed by atoms with Gasteiger partial charge in [-0.05, 0) is 73.9 Å². The summed E-state index contributed by atoms with van der Waals surface area (Å²) in [6.45, 7) is 5.17. The molecule has 4 aromatic rings. The number of pyridine rings is 1. The first-order valence-electron chi connectivity index (χ1n) is 9.51. The molecule has 0 aliphatic carbocycles. The molecule has 0 amide bonds. The molecule has 160 valence electrons. The van der Waals surface area contributed by atoms with Crippen LogP contribution in [-0.2, 0) is 16.6 Å². The molecule has 0 saturated heterocycles. The number of rotatable bonds is 5. The molecule has 0 spiro atoms. The smallest absolute Gasteiger partial charge is 0.268 e. The van der Waals surface area contributed by atoms with Gasteiger partial charge < -0.3 is 0 Å². The Kier molecular flexibility index (Phi) is 5.22. The lowest BCUT2D eigenvalue weighted by molar-refractivity contribution is 0.576. The van der Waals surface area contributed by atoms with Crippen LogP contribution in [0.1, 0.15) is 22.5 Å². The fourth-order valence-electron chi connectivity index (χ4n) is 3.60. The minimum atomic E-state index is -4.16. The van der Waals surface area contributed by atoms with Crippen molar-refractivity contribution in [2.75, 3.05) is 4.31 Å². The summed E-state index contributed by atoms with van der Waals surface area (Å²) in [5.74, 6) is -1.01. The number of aromatic nitrogens is 3. The van der Waals surface area contributed by atoms with Crippen molar-refractivity contribution in [3.8, 4) is 0 Å². The maximum absolute atomic E-state index is 13.8. The number of hydrogen-bond acceptors (Lipinski definition) is 4. The zero-order chi connectivity index (χ0) is 22.3. The maximum atomic E-state index is 13.8. The third-order valence-corrected chi connectivity index (χ3v) is 6.68. The van der Waals surface area contributed by atoms with Crippen molar-refractivity contribution in [3.63, 3.8) is 0 Å². The average Bonchev–Trinajstić information content (AvgIpc) is 3.05. The quantitative estimate of drug-likeness (QED) is 0.462. The van der Waals surface area contributed by atoms with Crippen LogP contribution in [0.2, 0.25) is 0 Å². The molecule has 9 heteroatoms. The van der Waals surface area contributed by atoms with Crippen LogP contribution in [0.25, 0.3) is 5.65 Å². The van der Waals surface area contributed by atoms with Crippen molar-refractivity contribution >= 4 is 21.4 Å². The number of aryl methyl sites for hydroxylation is 3.